The Hall–Kier alpha value is -1.94. The van der Waals surface area contributed by atoms with Crippen molar-refractivity contribution >= 4 is 17.6 Å². The third-order valence-electron chi connectivity index (χ3n) is 4.92. The SMILES string of the molecule is CCCCCCCCCc1cnc(-c2ccc(OC(=O)C(Cl)C(C)C)cc2)nc1. The molecule has 2 rings (SSSR count). The van der Waals surface area contributed by atoms with Gasteiger partial charge >= 0.3 is 5.97 Å². The second kappa shape index (κ2) is 12.6. The van der Waals surface area contributed by atoms with Crippen molar-refractivity contribution in [2.45, 2.75) is 77.5 Å². The van der Waals surface area contributed by atoms with Crippen molar-refractivity contribution in [1.29, 1.82) is 0 Å². The molecule has 1 aromatic carbocycles. The highest BCUT2D eigenvalue weighted by molar-refractivity contribution is 6.30. The van der Waals surface area contributed by atoms with Crippen LogP contribution in [0.25, 0.3) is 11.4 Å². The summed E-state index contributed by atoms with van der Waals surface area (Å²) in [5.74, 6) is 0.737. The molecule has 158 valence electrons. The number of aromatic nitrogens is 2. The third kappa shape index (κ3) is 8.14. The number of ether oxygens (including phenoxy) is 1. The van der Waals surface area contributed by atoms with Gasteiger partial charge in [-0.2, -0.15) is 0 Å². The quantitative estimate of drug-likeness (QED) is 0.169. The lowest BCUT2D eigenvalue weighted by atomic mass is 10.1. The van der Waals surface area contributed by atoms with E-state index >= 15 is 0 Å². The Morgan fingerprint density at radius 3 is 2.14 bits per heavy atom. The Labute approximate surface area is 180 Å². The molecule has 0 aliphatic heterocycles. The van der Waals surface area contributed by atoms with Crippen LogP contribution in [0.15, 0.2) is 36.7 Å². The van der Waals surface area contributed by atoms with Crippen LogP contribution in [0.2, 0.25) is 0 Å². The average molecular weight is 417 g/mol. The van der Waals surface area contributed by atoms with E-state index in [-0.39, 0.29) is 5.92 Å². The normalized spacial score (nSPS) is 12.2. The number of rotatable bonds is 12. The van der Waals surface area contributed by atoms with E-state index in [0.29, 0.717) is 11.6 Å². The molecular formula is C24H33ClN2O2. The van der Waals surface area contributed by atoms with Crippen LogP contribution in [0, 0.1) is 5.92 Å². The molecule has 1 aromatic heterocycles. The van der Waals surface area contributed by atoms with Crippen molar-refractivity contribution in [3.8, 4) is 17.1 Å². The van der Waals surface area contributed by atoms with Gasteiger partial charge in [-0.1, -0.05) is 59.3 Å². The van der Waals surface area contributed by atoms with Crippen LogP contribution < -0.4 is 4.74 Å². The average Bonchev–Trinajstić information content (AvgIpc) is 2.73. The van der Waals surface area contributed by atoms with E-state index in [0.717, 1.165) is 12.0 Å². The van der Waals surface area contributed by atoms with Crippen molar-refractivity contribution < 1.29 is 9.53 Å². The molecular weight excluding hydrogens is 384 g/mol. The molecule has 5 heteroatoms. The first kappa shape index (κ1) is 23.3. The van der Waals surface area contributed by atoms with Crippen molar-refractivity contribution in [2.75, 3.05) is 0 Å². The Balaban J connectivity index is 1.81. The number of benzene rings is 1. The summed E-state index contributed by atoms with van der Waals surface area (Å²) in [4.78, 5) is 20.9. The van der Waals surface area contributed by atoms with E-state index in [9.17, 15) is 4.79 Å². The van der Waals surface area contributed by atoms with Gasteiger partial charge in [0, 0.05) is 18.0 Å². The van der Waals surface area contributed by atoms with Gasteiger partial charge in [0.05, 0.1) is 0 Å². The number of aryl methyl sites for hydroxylation is 1. The summed E-state index contributed by atoms with van der Waals surface area (Å²) in [6.45, 7) is 6.02. The van der Waals surface area contributed by atoms with Crippen LogP contribution in [0.1, 0.15) is 71.3 Å². The predicted molar refractivity (Wildman–Crippen MR) is 119 cm³/mol. The Morgan fingerprint density at radius 2 is 1.55 bits per heavy atom. The van der Waals surface area contributed by atoms with Gasteiger partial charge < -0.3 is 4.74 Å². The molecule has 1 atom stereocenters. The maximum Gasteiger partial charge on any atom is 0.329 e. The molecule has 0 bridgehead atoms. The number of esters is 1. The lowest BCUT2D eigenvalue weighted by molar-refractivity contribution is -0.134. The largest absolute Gasteiger partial charge is 0.425 e. The lowest BCUT2D eigenvalue weighted by Gasteiger charge is -2.12. The second-order valence-corrected chi connectivity index (χ2v) is 8.35. The van der Waals surface area contributed by atoms with E-state index < -0.39 is 11.3 Å². The standard InChI is InChI=1S/C24H33ClN2O2/c1-4-5-6-7-8-9-10-11-19-16-26-23(27-17-19)20-12-14-21(15-13-20)29-24(28)22(25)18(2)3/h12-18,22H,4-11H2,1-3H3. The van der Waals surface area contributed by atoms with Gasteiger partial charge in [-0.15, -0.1) is 11.6 Å². The molecule has 0 radical (unpaired) electrons. The third-order valence-corrected chi connectivity index (χ3v) is 5.60. The number of unbranched alkanes of at least 4 members (excludes halogenated alkanes) is 6. The number of hydrogen-bond acceptors (Lipinski definition) is 4. The zero-order valence-corrected chi connectivity index (χ0v) is 18.6. The molecule has 0 N–H and O–H groups in total. The molecule has 1 unspecified atom stereocenters. The predicted octanol–water partition coefficient (Wildman–Crippen LogP) is 6.61. The van der Waals surface area contributed by atoms with E-state index in [1.54, 1.807) is 12.1 Å². The van der Waals surface area contributed by atoms with Crippen LogP contribution in [0.4, 0.5) is 0 Å². The summed E-state index contributed by atoms with van der Waals surface area (Å²) >= 11 is 6.04. The summed E-state index contributed by atoms with van der Waals surface area (Å²) in [7, 11) is 0. The van der Waals surface area contributed by atoms with Crippen LogP contribution in [-0.4, -0.2) is 21.3 Å². The first-order valence-corrected chi connectivity index (χ1v) is 11.2. The molecule has 0 amide bonds. The molecule has 0 saturated heterocycles. The van der Waals surface area contributed by atoms with Gasteiger partial charge in [-0.3, -0.25) is 4.79 Å². The summed E-state index contributed by atoms with van der Waals surface area (Å²) in [6.07, 6.45) is 14.0. The number of nitrogens with zero attached hydrogens (tertiary/aromatic N) is 2. The second-order valence-electron chi connectivity index (χ2n) is 7.88. The van der Waals surface area contributed by atoms with E-state index in [1.165, 1.54) is 50.5 Å². The van der Waals surface area contributed by atoms with E-state index in [4.69, 9.17) is 16.3 Å². The minimum Gasteiger partial charge on any atom is -0.425 e. The highest BCUT2D eigenvalue weighted by Gasteiger charge is 2.21. The van der Waals surface area contributed by atoms with Crippen molar-refractivity contribution in [1.82, 2.24) is 9.97 Å². The van der Waals surface area contributed by atoms with Crippen LogP contribution in [-0.2, 0) is 11.2 Å². The Morgan fingerprint density at radius 1 is 0.966 bits per heavy atom. The number of halogens is 1. The molecule has 1 heterocycles. The molecule has 0 aliphatic rings. The van der Waals surface area contributed by atoms with Crippen LogP contribution >= 0.6 is 11.6 Å². The first-order valence-electron chi connectivity index (χ1n) is 10.8. The maximum absolute atomic E-state index is 11.9. The summed E-state index contributed by atoms with van der Waals surface area (Å²) in [6, 6.07) is 7.19. The number of alkyl halides is 1. The van der Waals surface area contributed by atoms with E-state index in [2.05, 4.69) is 16.9 Å². The highest BCUT2D eigenvalue weighted by Crippen LogP contribution is 2.21. The number of carbonyl (C=O) groups is 1. The van der Waals surface area contributed by atoms with Crippen molar-refractivity contribution in [3.63, 3.8) is 0 Å². The van der Waals surface area contributed by atoms with Gasteiger partial charge in [0.1, 0.15) is 11.1 Å². The summed E-state index contributed by atoms with van der Waals surface area (Å²) in [5, 5.41) is -0.651. The highest BCUT2D eigenvalue weighted by atomic mass is 35.5. The summed E-state index contributed by atoms with van der Waals surface area (Å²) in [5.41, 5.74) is 2.06. The van der Waals surface area contributed by atoms with Crippen LogP contribution in [0.3, 0.4) is 0 Å². The minimum absolute atomic E-state index is 0.0245. The number of hydrogen-bond donors (Lipinski definition) is 0. The van der Waals surface area contributed by atoms with Crippen LogP contribution in [0.5, 0.6) is 5.75 Å². The minimum atomic E-state index is -0.651. The first-order chi connectivity index (χ1) is 14.0. The summed E-state index contributed by atoms with van der Waals surface area (Å²) < 4.78 is 5.32. The fourth-order valence-electron chi connectivity index (χ4n) is 3.04. The van der Waals surface area contributed by atoms with Gasteiger partial charge in [0.25, 0.3) is 0 Å². The molecule has 0 fully saturated rings. The van der Waals surface area contributed by atoms with Gasteiger partial charge in [-0.05, 0) is 48.6 Å². The lowest BCUT2D eigenvalue weighted by Crippen LogP contribution is -2.25. The maximum atomic E-state index is 11.9. The van der Waals surface area contributed by atoms with Gasteiger partial charge in [-0.25, -0.2) is 9.97 Å². The van der Waals surface area contributed by atoms with E-state index in [1.807, 2.05) is 38.4 Å². The molecule has 0 spiro atoms. The molecule has 0 aliphatic carbocycles. The zero-order valence-electron chi connectivity index (χ0n) is 17.9. The molecule has 4 nitrogen and oxygen atoms in total. The fourth-order valence-corrected chi connectivity index (χ4v) is 3.08. The smallest absolute Gasteiger partial charge is 0.329 e. The monoisotopic (exact) mass is 416 g/mol. The molecule has 29 heavy (non-hydrogen) atoms. The molecule has 2 aromatic rings. The Bertz CT molecular complexity index is 730. The van der Waals surface area contributed by atoms with Gasteiger partial charge in [0.15, 0.2) is 5.82 Å². The molecule has 0 saturated carbocycles. The fraction of sp³-hybridized carbons (Fsp3) is 0.542. The zero-order chi connectivity index (χ0) is 21.1. The topological polar surface area (TPSA) is 52.1 Å². The van der Waals surface area contributed by atoms with Crippen molar-refractivity contribution in [2.24, 2.45) is 5.92 Å². The number of carbonyl (C=O) groups excluding carboxylic acids is 1. The Kier molecular flexibility index (Phi) is 10.1. The van der Waals surface area contributed by atoms with Gasteiger partial charge in [0.2, 0.25) is 0 Å². The van der Waals surface area contributed by atoms with Crippen molar-refractivity contribution in [3.05, 3.63) is 42.2 Å².